The van der Waals surface area contributed by atoms with Crippen LogP contribution in [0.3, 0.4) is 0 Å². The Morgan fingerprint density at radius 1 is 1.32 bits per heavy atom. The first-order chi connectivity index (χ1) is 11.6. The third-order valence-corrected chi connectivity index (χ3v) is 3.68. The number of hydrogen-bond acceptors (Lipinski definition) is 7. The minimum Gasteiger partial charge on any atom is -0.481 e. The van der Waals surface area contributed by atoms with Crippen molar-refractivity contribution >= 4 is 11.9 Å². The Hall–Kier alpha value is -2.78. The molecule has 0 aliphatic carbocycles. The maximum atomic E-state index is 12.5. The lowest BCUT2D eigenvalue weighted by Gasteiger charge is -2.30. The number of nitrogens with zero attached hydrogens (tertiary/aromatic N) is 4. The van der Waals surface area contributed by atoms with Gasteiger partial charge in [0.25, 0.3) is 0 Å². The molecule has 2 rings (SSSR count). The highest BCUT2D eigenvalue weighted by Gasteiger charge is 2.37. The molecule has 2 aromatic rings. The highest BCUT2D eigenvalue weighted by Crippen LogP contribution is 2.33. The number of H-pyrrole nitrogens is 1. The van der Waals surface area contributed by atoms with Crippen molar-refractivity contribution in [1.82, 2.24) is 30.6 Å². The van der Waals surface area contributed by atoms with Crippen LogP contribution in [0.2, 0.25) is 0 Å². The topological polar surface area (TPSA) is 147 Å². The van der Waals surface area contributed by atoms with E-state index in [1.165, 1.54) is 6.33 Å². The number of aliphatic carboxylic acids is 1. The summed E-state index contributed by atoms with van der Waals surface area (Å²) in [6, 6.07) is -0.662. The lowest BCUT2D eigenvalue weighted by Crippen LogP contribution is -2.44. The van der Waals surface area contributed by atoms with Gasteiger partial charge in [-0.05, 0) is 11.3 Å². The molecule has 0 aliphatic rings. The van der Waals surface area contributed by atoms with E-state index < -0.39 is 29.3 Å². The van der Waals surface area contributed by atoms with Crippen molar-refractivity contribution in [3.63, 3.8) is 0 Å². The summed E-state index contributed by atoms with van der Waals surface area (Å²) in [4.78, 5) is 32.0. The van der Waals surface area contributed by atoms with Crippen LogP contribution >= 0.6 is 0 Å². The molecule has 3 N–H and O–H groups in total. The number of hydrogen-bond donors (Lipinski definition) is 3. The lowest BCUT2D eigenvalue weighted by atomic mass is 9.85. The molecule has 2 atom stereocenters. The predicted molar refractivity (Wildman–Crippen MR) is 86.0 cm³/mol. The second-order valence-corrected chi connectivity index (χ2v) is 7.16. The zero-order valence-corrected chi connectivity index (χ0v) is 14.8. The molecule has 10 nitrogen and oxygen atoms in total. The Bertz CT molecular complexity index is 732. The van der Waals surface area contributed by atoms with Crippen LogP contribution in [0.5, 0.6) is 0 Å². The van der Waals surface area contributed by atoms with Gasteiger partial charge in [-0.1, -0.05) is 39.8 Å². The fraction of sp³-hybridized carbons (Fsp3) is 0.600. The summed E-state index contributed by atoms with van der Waals surface area (Å²) >= 11 is 0. The van der Waals surface area contributed by atoms with E-state index in [1.54, 1.807) is 13.8 Å². The molecule has 0 aliphatic heterocycles. The van der Waals surface area contributed by atoms with Crippen molar-refractivity contribution in [2.24, 2.45) is 17.3 Å². The molecule has 0 radical (unpaired) electrons. The SMILES string of the molecule is CC(C)C(C(=O)O)C(=O)NC(c1nc(-c2ncn[nH]2)no1)C(C)(C)C. The summed E-state index contributed by atoms with van der Waals surface area (Å²) in [6.45, 7) is 8.99. The average molecular weight is 350 g/mol. The highest BCUT2D eigenvalue weighted by molar-refractivity contribution is 5.97. The van der Waals surface area contributed by atoms with Crippen LogP contribution in [0.25, 0.3) is 11.6 Å². The van der Waals surface area contributed by atoms with Crippen molar-refractivity contribution in [2.45, 2.75) is 40.7 Å². The predicted octanol–water partition coefficient (Wildman–Crippen LogP) is 1.41. The highest BCUT2D eigenvalue weighted by atomic mass is 16.5. The Labute approximate surface area is 144 Å². The summed E-state index contributed by atoms with van der Waals surface area (Å²) < 4.78 is 5.27. The van der Waals surface area contributed by atoms with E-state index in [9.17, 15) is 14.7 Å². The van der Waals surface area contributed by atoms with Crippen molar-refractivity contribution in [3.8, 4) is 11.6 Å². The van der Waals surface area contributed by atoms with Crippen LogP contribution in [-0.2, 0) is 9.59 Å². The van der Waals surface area contributed by atoms with Gasteiger partial charge in [-0.3, -0.25) is 14.7 Å². The molecule has 0 bridgehead atoms. The number of carboxylic acid groups (broad SMARTS) is 1. The van der Waals surface area contributed by atoms with Crippen molar-refractivity contribution in [1.29, 1.82) is 0 Å². The molecule has 2 heterocycles. The molecule has 136 valence electrons. The Balaban J connectivity index is 2.29. The minimum atomic E-state index is -1.17. The number of amides is 1. The molecule has 0 saturated heterocycles. The van der Waals surface area contributed by atoms with Crippen LogP contribution in [0.4, 0.5) is 0 Å². The molecule has 0 spiro atoms. The maximum Gasteiger partial charge on any atom is 0.316 e. The minimum absolute atomic E-state index is 0.167. The van der Waals surface area contributed by atoms with Gasteiger partial charge in [0.15, 0.2) is 5.82 Å². The van der Waals surface area contributed by atoms with Gasteiger partial charge in [0.05, 0.1) is 0 Å². The van der Waals surface area contributed by atoms with E-state index >= 15 is 0 Å². The monoisotopic (exact) mass is 350 g/mol. The summed E-state index contributed by atoms with van der Waals surface area (Å²) in [7, 11) is 0. The molecule has 25 heavy (non-hydrogen) atoms. The second kappa shape index (κ2) is 6.99. The molecular formula is C15H22N6O4. The van der Waals surface area contributed by atoms with E-state index in [4.69, 9.17) is 4.52 Å². The summed E-state index contributed by atoms with van der Waals surface area (Å²) in [5, 5.41) is 22.2. The molecule has 10 heteroatoms. The normalized spacial score (nSPS) is 14.3. The number of aromatic amines is 1. The first-order valence-electron chi connectivity index (χ1n) is 7.83. The summed E-state index contributed by atoms with van der Waals surface area (Å²) in [6.07, 6.45) is 1.31. The lowest BCUT2D eigenvalue weighted by molar-refractivity contribution is -0.149. The van der Waals surface area contributed by atoms with Gasteiger partial charge in [-0.2, -0.15) is 10.1 Å². The quantitative estimate of drug-likeness (QED) is 0.663. The van der Waals surface area contributed by atoms with Crippen LogP contribution in [-0.4, -0.2) is 42.3 Å². The zero-order valence-electron chi connectivity index (χ0n) is 14.8. The van der Waals surface area contributed by atoms with Gasteiger partial charge in [0, 0.05) is 0 Å². The van der Waals surface area contributed by atoms with Crippen molar-refractivity contribution < 1.29 is 19.2 Å². The van der Waals surface area contributed by atoms with Crippen molar-refractivity contribution in [2.75, 3.05) is 0 Å². The number of aromatic nitrogens is 5. The van der Waals surface area contributed by atoms with E-state index in [-0.39, 0.29) is 17.6 Å². The smallest absolute Gasteiger partial charge is 0.316 e. The molecule has 2 aromatic heterocycles. The fourth-order valence-corrected chi connectivity index (χ4v) is 2.34. The zero-order chi connectivity index (χ0) is 18.8. The van der Waals surface area contributed by atoms with Gasteiger partial charge in [-0.25, -0.2) is 4.98 Å². The number of rotatable bonds is 6. The first-order valence-corrected chi connectivity index (χ1v) is 7.83. The van der Waals surface area contributed by atoms with Gasteiger partial charge in [-0.15, -0.1) is 0 Å². The number of nitrogens with one attached hydrogen (secondary N) is 2. The molecule has 2 unspecified atom stereocenters. The number of carbonyl (C=O) groups is 2. The fourth-order valence-electron chi connectivity index (χ4n) is 2.34. The molecule has 0 saturated carbocycles. The van der Waals surface area contributed by atoms with Crippen LogP contribution in [0.1, 0.15) is 46.6 Å². The second-order valence-electron chi connectivity index (χ2n) is 7.16. The van der Waals surface area contributed by atoms with E-state index in [0.717, 1.165) is 0 Å². The molecular weight excluding hydrogens is 328 g/mol. The molecule has 1 amide bonds. The van der Waals surface area contributed by atoms with Crippen molar-refractivity contribution in [3.05, 3.63) is 12.2 Å². The van der Waals surface area contributed by atoms with Gasteiger partial charge < -0.3 is 14.9 Å². The number of carboxylic acids is 1. The Morgan fingerprint density at radius 3 is 2.48 bits per heavy atom. The Morgan fingerprint density at radius 2 is 2.00 bits per heavy atom. The van der Waals surface area contributed by atoms with Gasteiger partial charge >= 0.3 is 5.97 Å². The van der Waals surface area contributed by atoms with Gasteiger partial charge in [0.2, 0.25) is 17.6 Å². The standard InChI is InChI=1S/C15H22N6O4/c1-7(2)8(14(23)24)12(22)18-9(15(3,4)5)13-19-11(21-25-13)10-16-6-17-20-10/h6-9H,1-5H3,(H,18,22)(H,23,24)(H,16,17,20). The van der Waals surface area contributed by atoms with E-state index in [1.807, 2.05) is 20.8 Å². The van der Waals surface area contributed by atoms with E-state index in [0.29, 0.717) is 5.82 Å². The molecule has 0 aromatic carbocycles. The summed E-state index contributed by atoms with van der Waals surface area (Å²) in [5.41, 5.74) is -0.485. The average Bonchev–Trinajstić information content (AvgIpc) is 3.13. The number of carbonyl (C=O) groups excluding carboxylic acids is 1. The summed E-state index contributed by atoms with van der Waals surface area (Å²) in [5.74, 6) is -2.59. The third-order valence-electron chi connectivity index (χ3n) is 3.68. The van der Waals surface area contributed by atoms with Gasteiger partial charge in [0.1, 0.15) is 18.3 Å². The maximum absolute atomic E-state index is 12.5. The van der Waals surface area contributed by atoms with E-state index in [2.05, 4.69) is 30.6 Å². The third kappa shape index (κ3) is 4.20. The first kappa shape index (κ1) is 18.6. The Kier molecular flexibility index (Phi) is 5.19. The van der Waals surface area contributed by atoms with Crippen LogP contribution < -0.4 is 5.32 Å². The van der Waals surface area contributed by atoms with Crippen LogP contribution in [0.15, 0.2) is 10.9 Å². The van der Waals surface area contributed by atoms with Crippen LogP contribution in [0, 0.1) is 17.3 Å². The largest absolute Gasteiger partial charge is 0.481 e. The molecule has 0 fully saturated rings.